The quantitative estimate of drug-likeness (QED) is 0.707. The molecule has 31 heavy (non-hydrogen) atoms. The molecule has 7 heteroatoms. The second-order valence-electron chi connectivity index (χ2n) is 7.49. The summed E-state index contributed by atoms with van der Waals surface area (Å²) in [6.45, 7) is 2.63. The average Bonchev–Trinajstić information content (AvgIpc) is 2.79. The summed E-state index contributed by atoms with van der Waals surface area (Å²) in [5.41, 5.74) is 1.35. The Morgan fingerprint density at radius 3 is 2.58 bits per heavy atom. The summed E-state index contributed by atoms with van der Waals surface area (Å²) in [6, 6.07) is 15.6. The maximum absolute atomic E-state index is 13.5. The summed E-state index contributed by atoms with van der Waals surface area (Å²) >= 11 is 0. The molecule has 0 radical (unpaired) electrons. The van der Waals surface area contributed by atoms with Crippen molar-refractivity contribution in [3.63, 3.8) is 0 Å². The number of nitrogens with zero attached hydrogens (tertiary/aromatic N) is 2. The molecule has 7 nitrogen and oxygen atoms in total. The lowest BCUT2D eigenvalue weighted by molar-refractivity contribution is -0.148. The third-order valence-electron chi connectivity index (χ3n) is 5.40. The Kier molecular flexibility index (Phi) is 7.65. The lowest BCUT2D eigenvalue weighted by Crippen LogP contribution is -2.48. The monoisotopic (exact) mass is 423 g/mol. The fraction of sp³-hybridized carbons (Fsp3) is 0.375. The third-order valence-corrected chi connectivity index (χ3v) is 5.40. The number of hydrogen-bond acceptors (Lipinski definition) is 4. The molecular formula is C24H29N3O4. The Morgan fingerprint density at radius 2 is 1.90 bits per heavy atom. The minimum atomic E-state index is -0.724. The van der Waals surface area contributed by atoms with E-state index in [9.17, 15) is 14.4 Å². The molecule has 2 aromatic carbocycles. The van der Waals surface area contributed by atoms with E-state index in [0.717, 1.165) is 18.4 Å². The van der Waals surface area contributed by atoms with Crippen molar-refractivity contribution in [2.45, 2.75) is 32.2 Å². The number of likely N-dealkylation sites (N-methyl/N-ethyl adjacent to an activating group) is 1. The normalized spacial score (nSPS) is 14.6. The first-order chi connectivity index (χ1) is 15.0. The summed E-state index contributed by atoms with van der Waals surface area (Å²) in [4.78, 5) is 42.0. The molecule has 1 heterocycles. The van der Waals surface area contributed by atoms with Gasteiger partial charge in [-0.05, 0) is 37.5 Å². The predicted molar refractivity (Wildman–Crippen MR) is 119 cm³/mol. The van der Waals surface area contributed by atoms with Crippen LogP contribution >= 0.6 is 0 Å². The topological polar surface area (TPSA) is 79.0 Å². The number of amides is 3. The number of carbonyl (C=O) groups excluding carboxylic acids is 3. The molecule has 2 aromatic rings. The number of benzene rings is 2. The molecule has 1 N–H and O–H groups in total. The fourth-order valence-corrected chi connectivity index (χ4v) is 3.78. The van der Waals surface area contributed by atoms with Crippen molar-refractivity contribution in [2.75, 3.05) is 32.1 Å². The zero-order valence-electron chi connectivity index (χ0n) is 18.0. The van der Waals surface area contributed by atoms with E-state index < -0.39 is 6.04 Å². The van der Waals surface area contributed by atoms with Crippen LogP contribution in [0.4, 0.5) is 5.69 Å². The highest BCUT2D eigenvalue weighted by atomic mass is 16.5. The number of ether oxygens (including phenoxy) is 1. The van der Waals surface area contributed by atoms with Gasteiger partial charge in [-0.25, -0.2) is 0 Å². The van der Waals surface area contributed by atoms with Gasteiger partial charge < -0.3 is 19.9 Å². The number of likely N-dealkylation sites (tertiary alicyclic amines) is 1. The Bertz CT molecular complexity index is 916. The molecule has 0 aliphatic carbocycles. The highest BCUT2D eigenvalue weighted by Crippen LogP contribution is 2.27. The van der Waals surface area contributed by atoms with Crippen LogP contribution in [0, 0.1) is 0 Å². The Labute approximate surface area is 183 Å². The number of methoxy groups -OCH3 is 1. The van der Waals surface area contributed by atoms with Crippen LogP contribution in [0.5, 0.6) is 5.75 Å². The number of piperidine rings is 1. The van der Waals surface area contributed by atoms with Crippen molar-refractivity contribution >= 4 is 23.4 Å². The van der Waals surface area contributed by atoms with E-state index in [1.54, 1.807) is 36.3 Å². The lowest BCUT2D eigenvalue weighted by atomic mass is 10.00. The summed E-state index contributed by atoms with van der Waals surface area (Å²) in [6.07, 6.45) is 2.15. The zero-order valence-corrected chi connectivity index (χ0v) is 18.0. The van der Waals surface area contributed by atoms with Crippen molar-refractivity contribution in [1.29, 1.82) is 0 Å². The van der Waals surface area contributed by atoms with E-state index in [4.69, 9.17) is 4.74 Å². The second kappa shape index (κ2) is 10.6. The molecule has 1 aliphatic rings. The van der Waals surface area contributed by atoms with E-state index >= 15 is 0 Å². The van der Waals surface area contributed by atoms with Crippen molar-refractivity contribution in [3.8, 4) is 5.75 Å². The van der Waals surface area contributed by atoms with Gasteiger partial charge in [-0.15, -0.1) is 0 Å². The van der Waals surface area contributed by atoms with Gasteiger partial charge >= 0.3 is 0 Å². The highest BCUT2D eigenvalue weighted by Gasteiger charge is 2.35. The molecule has 1 atom stereocenters. The number of hydrogen-bond donors (Lipinski definition) is 1. The number of anilines is 1. The first-order valence-electron chi connectivity index (χ1n) is 10.6. The number of carbonyl (C=O) groups is 3. The Morgan fingerprint density at radius 1 is 1.13 bits per heavy atom. The number of nitrogens with one attached hydrogen (secondary N) is 1. The molecule has 164 valence electrons. The van der Waals surface area contributed by atoms with Crippen LogP contribution in [0.1, 0.15) is 37.8 Å². The van der Waals surface area contributed by atoms with Crippen molar-refractivity contribution < 1.29 is 19.1 Å². The van der Waals surface area contributed by atoms with Gasteiger partial charge in [0.25, 0.3) is 0 Å². The van der Waals surface area contributed by atoms with Crippen LogP contribution in [-0.4, -0.2) is 54.3 Å². The molecule has 3 amide bonds. The van der Waals surface area contributed by atoms with Gasteiger partial charge in [-0.2, -0.15) is 0 Å². The van der Waals surface area contributed by atoms with Gasteiger partial charge in [0, 0.05) is 31.3 Å². The maximum Gasteiger partial charge on any atom is 0.250 e. The third kappa shape index (κ3) is 5.63. The van der Waals surface area contributed by atoms with E-state index in [1.807, 2.05) is 37.3 Å². The molecule has 1 saturated heterocycles. The standard InChI is InChI=1S/C24H29N3O4/c1-3-26(17-21(28)25-19-12-9-13-20(16-19)31-2)24(30)23(18-10-5-4-6-11-18)27-15-8-7-14-22(27)29/h4-6,9-13,16,23H,3,7-8,14-15,17H2,1-2H3,(H,25,28). The largest absolute Gasteiger partial charge is 0.497 e. The minimum absolute atomic E-state index is 0.0228. The molecular weight excluding hydrogens is 394 g/mol. The van der Waals surface area contributed by atoms with Gasteiger partial charge in [0.2, 0.25) is 17.7 Å². The summed E-state index contributed by atoms with van der Waals surface area (Å²) in [5, 5.41) is 2.81. The van der Waals surface area contributed by atoms with Gasteiger partial charge in [-0.3, -0.25) is 14.4 Å². The zero-order chi connectivity index (χ0) is 22.2. The predicted octanol–water partition coefficient (Wildman–Crippen LogP) is 3.24. The summed E-state index contributed by atoms with van der Waals surface area (Å²) in [7, 11) is 1.56. The van der Waals surface area contributed by atoms with Crippen LogP contribution in [0.3, 0.4) is 0 Å². The van der Waals surface area contributed by atoms with Crippen LogP contribution in [-0.2, 0) is 14.4 Å². The molecule has 0 bridgehead atoms. The molecule has 1 unspecified atom stereocenters. The van der Waals surface area contributed by atoms with Crippen molar-refractivity contribution in [1.82, 2.24) is 9.80 Å². The van der Waals surface area contributed by atoms with E-state index in [1.165, 1.54) is 4.90 Å². The molecule has 1 aliphatic heterocycles. The molecule has 0 saturated carbocycles. The van der Waals surface area contributed by atoms with E-state index in [-0.39, 0.29) is 24.3 Å². The Hall–Kier alpha value is -3.35. The SMILES string of the molecule is CCN(CC(=O)Nc1cccc(OC)c1)C(=O)C(c1ccccc1)N1CCCCC1=O. The minimum Gasteiger partial charge on any atom is -0.497 e. The molecule has 0 aromatic heterocycles. The molecule has 3 rings (SSSR count). The van der Waals surface area contributed by atoms with Crippen LogP contribution in [0.15, 0.2) is 54.6 Å². The fourth-order valence-electron chi connectivity index (χ4n) is 3.78. The van der Waals surface area contributed by atoms with Crippen molar-refractivity contribution in [2.24, 2.45) is 0 Å². The van der Waals surface area contributed by atoms with Crippen LogP contribution < -0.4 is 10.1 Å². The van der Waals surface area contributed by atoms with Crippen LogP contribution in [0.25, 0.3) is 0 Å². The second-order valence-corrected chi connectivity index (χ2v) is 7.49. The first-order valence-corrected chi connectivity index (χ1v) is 10.6. The van der Waals surface area contributed by atoms with Gasteiger partial charge in [0.1, 0.15) is 11.8 Å². The van der Waals surface area contributed by atoms with Crippen molar-refractivity contribution in [3.05, 3.63) is 60.2 Å². The van der Waals surface area contributed by atoms with E-state index in [2.05, 4.69) is 5.32 Å². The first kappa shape index (κ1) is 22.3. The average molecular weight is 424 g/mol. The smallest absolute Gasteiger partial charge is 0.250 e. The van der Waals surface area contributed by atoms with Gasteiger partial charge in [0.05, 0.1) is 13.7 Å². The number of rotatable bonds is 8. The lowest BCUT2D eigenvalue weighted by Gasteiger charge is -2.36. The van der Waals surface area contributed by atoms with Crippen LogP contribution in [0.2, 0.25) is 0 Å². The van der Waals surface area contributed by atoms with E-state index in [0.29, 0.717) is 30.9 Å². The molecule has 0 spiro atoms. The van der Waals surface area contributed by atoms with Gasteiger partial charge in [-0.1, -0.05) is 36.4 Å². The Balaban J connectivity index is 1.78. The highest BCUT2D eigenvalue weighted by molar-refractivity contribution is 5.96. The maximum atomic E-state index is 13.5. The summed E-state index contributed by atoms with van der Waals surface area (Å²) in [5.74, 6) is 0.0595. The summed E-state index contributed by atoms with van der Waals surface area (Å²) < 4.78 is 5.18. The molecule has 1 fully saturated rings. The van der Waals surface area contributed by atoms with Gasteiger partial charge in [0.15, 0.2) is 0 Å².